The number of carbonyl (C=O) groups excluding carboxylic acids is 1. The van der Waals surface area contributed by atoms with Crippen LogP contribution in [0.25, 0.3) is 11.4 Å². The zero-order valence-electron chi connectivity index (χ0n) is 13.2. The first-order valence-electron chi connectivity index (χ1n) is 7.36. The molecule has 0 spiro atoms. The molecule has 0 aliphatic carbocycles. The van der Waals surface area contributed by atoms with E-state index in [1.807, 2.05) is 0 Å². The van der Waals surface area contributed by atoms with Crippen molar-refractivity contribution in [3.05, 3.63) is 65.5 Å². The van der Waals surface area contributed by atoms with E-state index in [0.29, 0.717) is 23.5 Å². The SMILES string of the molecule is COc1ccc(-c2n[nH]c(CNC(=O)c3ccc(F)cc3F)n2)cc1. The number of hydrogen-bond donors (Lipinski definition) is 2. The Hall–Kier alpha value is -3.29. The fraction of sp³-hybridized carbons (Fsp3) is 0.118. The minimum absolute atomic E-state index is 0.0266. The highest BCUT2D eigenvalue weighted by Gasteiger charge is 2.13. The Morgan fingerprint density at radius 2 is 1.96 bits per heavy atom. The average Bonchev–Trinajstić information content (AvgIpc) is 3.09. The molecule has 1 amide bonds. The van der Waals surface area contributed by atoms with Gasteiger partial charge in [0.15, 0.2) is 5.82 Å². The molecule has 6 nitrogen and oxygen atoms in total. The molecule has 2 aromatic carbocycles. The van der Waals surface area contributed by atoms with E-state index in [1.54, 1.807) is 31.4 Å². The van der Waals surface area contributed by atoms with Crippen LogP contribution in [0.5, 0.6) is 5.75 Å². The van der Waals surface area contributed by atoms with Crippen LogP contribution in [0.3, 0.4) is 0 Å². The summed E-state index contributed by atoms with van der Waals surface area (Å²) in [5.74, 6) is -0.753. The molecular formula is C17H14F2N4O2. The van der Waals surface area contributed by atoms with Crippen molar-refractivity contribution in [2.75, 3.05) is 7.11 Å². The minimum atomic E-state index is -0.922. The van der Waals surface area contributed by atoms with Gasteiger partial charge in [0.05, 0.1) is 19.2 Å². The number of nitrogens with one attached hydrogen (secondary N) is 2. The van der Waals surface area contributed by atoms with Crippen LogP contribution in [0.1, 0.15) is 16.2 Å². The number of nitrogens with zero attached hydrogens (tertiary/aromatic N) is 2. The number of amides is 1. The van der Waals surface area contributed by atoms with Crippen LogP contribution in [-0.2, 0) is 6.54 Å². The lowest BCUT2D eigenvalue weighted by Crippen LogP contribution is -2.24. The number of aromatic nitrogens is 3. The van der Waals surface area contributed by atoms with Crippen molar-refractivity contribution in [3.8, 4) is 17.1 Å². The smallest absolute Gasteiger partial charge is 0.254 e. The van der Waals surface area contributed by atoms with Crippen LogP contribution >= 0.6 is 0 Å². The first kappa shape index (κ1) is 16.6. The molecule has 8 heteroatoms. The lowest BCUT2D eigenvalue weighted by atomic mass is 10.2. The second kappa shape index (κ2) is 7.08. The van der Waals surface area contributed by atoms with Crippen molar-refractivity contribution in [1.82, 2.24) is 20.5 Å². The standard InChI is InChI=1S/C17H14F2N4O2/c1-25-12-5-2-10(3-6-12)16-21-15(22-23-16)9-20-17(24)13-7-4-11(18)8-14(13)19/h2-8H,9H2,1H3,(H,20,24)(H,21,22,23). The highest BCUT2D eigenvalue weighted by atomic mass is 19.1. The number of aromatic amines is 1. The molecule has 0 unspecified atom stereocenters. The zero-order chi connectivity index (χ0) is 17.8. The lowest BCUT2D eigenvalue weighted by molar-refractivity contribution is 0.0946. The monoisotopic (exact) mass is 344 g/mol. The molecule has 0 saturated carbocycles. The average molecular weight is 344 g/mol. The fourth-order valence-corrected chi connectivity index (χ4v) is 2.18. The molecule has 2 N–H and O–H groups in total. The number of carbonyl (C=O) groups is 1. The summed E-state index contributed by atoms with van der Waals surface area (Å²) < 4.78 is 31.5. The second-order valence-electron chi connectivity index (χ2n) is 5.14. The van der Waals surface area contributed by atoms with Crippen LogP contribution in [0.15, 0.2) is 42.5 Å². The molecule has 0 aliphatic rings. The topological polar surface area (TPSA) is 79.9 Å². The molecule has 25 heavy (non-hydrogen) atoms. The Morgan fingerprint density at radius 1 is 1.20 bits per heavy atom. The Bertz CT molecular complexity index is 894. The maximum atomic E-state index is 13.6. The number of halogens is 2. The molecule has 0 bridgehead atoms. The summed E-state index contributed by atoms with van der Waals surface area (Å²) in [6.45, 7) is 0.0266. The van der Waals surface area contributed by atoms with Crippen molar-refractivity contribution in [3.63, 3.8) is 0 Å². The third-order valence-electron chi connectivity index (χ3n) is 3.47. The second-order valence-corrected chi connectivity index (χ2v) is 5.14. The van der Waals surface area contributed by atoms with Gasteiger partial charge in [0.1, 0.15) is 23.2 Å². The largest absolute Gasteiger partial charge is 0.497 e. The molecule has 3 rings (SSSR count). The number of ether oxygens (including phenoxy) is 1. The molecule has 0 radical (unpaired) electrons. The molecule has 0 fully saturated rings. The number of hydrogen-bond acceptors (Lipinski definition) is 4. The van der Waals surface area contributed by atoms with Gasteiger partial charge in [0.2, 0.25) is 0 Å². The van der Waals surface area contributed by atoms with Gasteiger partial charge in [-0.3, -0.25) is 9.89 Å². The van der Waals surface area contributed by atoms with E-state index >= 15 is 0 Å². The fourth-order valence-electron chi connectivity index (χ4n) is 2.18. The van der Waals surface area contributed by atoms with Crippen LogP contribution < -0.4 is 10.1 Å². The van der Waals surface area contributed by atoms with E-state index in [4.69, 9.17) is 4.74 Å². The quantitative estimate of drug-likeness (QED) is 0.746. The van der Waals surface area contributed by atoms with Crippen LogP contribution in [0, 0.1) is 11.6 Å². The normalized spacial score (nSPS) is 10.5. The van der Waals surface area contributed by atoms with Gasteiger partial charge in [-0.25, -0.2) is 13.8 Å². The summed E-state index contributed by atoms with van der Waals surface area (Å²) in [5, 5.41) is 9.28. The van der Waals surface area contributed by atoms with Crippen LogP contribution in [0.4, 0.5) is 8.78 Å². The van der Waals surface area contributed by atoms with E-state index in [9.17, 15) is 13.6 Å². The highest BCUT2D eigenvalue weighted by molar-refractivity contribution is 5.94. The van der Waals surface area contributed by atoms with E-state index in [1.165, 1.54) is 0 Å². The molecule has 0 atom stereocenters. The molecule has 1 heterocycles. The number of H-pyrrole nitrogens is 1. The van der Waals surface area contributed by atoms with Crippen molar-refractivity contribution >= 4 is 5.91 Å². The highest BCUT2D eigenvalue weighted by Crippen LogP contribution is 2.19. The summed E-state index contributed by atoms with van der Waals surface area (Å²) in [4.78, 5) is 16.2. The zero-order valence-corrected chi connectivity index (χ0v) is 13.2. The molecule has 3 aromatic rings. The van der Waals surface area contributed by atoms with Crippen molar-refractivity contribution in [1.29, 1.82) is 0 Å². The predicted molar refractivity (Wildman–Crippen MR) is 85.9 cm³/mol. The maximum Gasteiger partial charge on any atom is 0.254 e. The summed E-state index contributed by atoms with van der Waals surface area (Å²) in [6.07, 6.45) is 0. The lowest BCUT2D eigenvalue weighted by Gasteiger charge is -2.04. The third-order valence-corrected chi connectivity index (χ3v) is 3.47. The number of rotatable bonds is 5. The van der Waals surface area contributed by atoms with E-state index in [0.717, 1.165) is 17.7 Å². The van der Waals surface area contributed by atoms with Crippen LogP contribution in [-0.4, -0.2) is 28.2 Å². The third kappa shape index (κ3) is 3.79. The van der Waals surface area contributed by atoms with Gasteiger partial charge in [0.25, 0.3) is 5.91 Å². The van der Waals surface area contributed by atoms with Crippen LogP contribution in [0.2, 0.25) is 0 Å². The Kier molecular flexibility index (Phi) is 4.69. The van der Waals surface area contributed by atoms with Gasteiger partial charge in [0, 0.05) is 11.6 Å². The van der Waals surface area contributed by atoms with Gasteiger partial charge in [-0.15, -0.1) is 0 Å². The molecule has 0 aliphatic heterocycles. The van der Waals surface area contributed by atoms with Crippen molar-refractivity contribution in [2.24, 2.45) is 0 Å². The van der Waals surface area contributed by atoms with Gasteiger partial charge in [-0.05, 0) is 36.4 Å². The van der Waals surface area contributed by atoms with E-state index < -0.39 is 17.5 Å². The van der Waals surface area contributed by atoms with Gasteiger partial charge in [-0.2, -0.15) is 5.10 Å². The summed E-state index contributed by atoms with van der Waals surface area (Å²) in [7, 11) is 1.58. The summed E-state index contributed by atoms with van der Waals surface area (Å²) in [5.41, 5.74) is 0.537. The van der Waals surface area contributed by atoms with Gasteiger partial charge in [-0.1, -0.05) is 0 Å². The first-order chi connectivity index (χ1) is 12.1. The van der Waals surface area contributed by atoms with Gasteiger partial charge < -0.3 is 10.1 Å². The minimum Gasteiger partial charge on any atom is -0.497 e. The summed E-state index contributed by atoms with van der Waals surface area (Å²) >= 11 is 0. The van der Waals surface area contributed by atoms with E-state index in [-0.39, 0.29) is 12.1 Å². The predicted octanol–water partition coefficient (Wildman–Crippen LogP) is 2.69. The van der Waals surface area contributed by atoms with E-state index in [2.05, 4.69) is 20.5 Å². The molecule has 128 valence electrons. The van der Waals surface area contributed by atoms with Crippen molar-refractivity contribution < 1.29 is 18.3 Å². The summed E-state index contributed by atoms with van der Waals surface area (Å²) in [6, 6.07) is 9.94. The Morgan fingerprint density at radius 3 is 2.64 bits per heavy atom. The number of benzene rings is 2. The molecular weight excluding hydrogens is 330 g/mol. The number of methoxy groups -OCH3 is 1. The molecule has 0 saturated heterocycles. The Labute approximate surface area is 141 Å². The molecule has 1 aromatic heterocycles. The first-order valence-corrected chi connectivity index (χ1v) is 7.36. The van der Waals surface area contributed by atoms with Gasteiger partial charge >= 0.3 is 0 Å². The Balaban J connectivity index is 1.66. The maximum absolute atomic E-state index is 13.6. The van der Waals surface area contributed by atoms with Crippen molar-refractivity contribution in [2.45, 2.75) is 6.54 Å².